The molecule has 0 atom stereocenters. The predicted octanol–water partition coefficient (Wildman–Crippen LogP) is 2.20. The fraction of sp³-hybridized carbons (Fsp3) is 0.312. The molecule has 0 saturated carbocycles. The molecule has 10 heteroatoms. The van der Waals surface area contributed by atoms with Gasteiger partial charge in [0.1, 0.15) is 5.69 Å². The third-order valence-corrected chi connectivity index (χ3v) is 6.41. The molecule has 1 aliphatic rings. The van der Waals surface area contributed by atoms with Crippen LogP contribution in [0.4, 0.5) is 16.4 Å². The van der Waals surface area contributed by atoms with E-state index in [9.17, 15) is 23.3 Å². The molecule has 8 nitrogen and oxygen atoms in total. The average Bonchev–Trinajstić information content (AvgIpc) is 3.10. The van der Waals surface area contributed by atoms with Crippen molar-refractivity contribution in [3.63, 3.8) is 0 Å². The predicted molar refractivity (Wildman–Crippen MR) is 100 cm³/mol. The number of aldehydes is 1. The molecule has 1 fully saturated rings. The van der Waals surface area contributed by atoms with Crippen LogP contribution in [-0.2, 0) is 9.84 Å². The minimum absolute atomic E-state index is 0.0634. The number of hydrogen-bond acceptors (Lipinski definition) is 8. The molecule has 0 unspecified atom stereocenters. The second-order valence-electron chi connectivity index (χ2n) is 5.95. The highest BCUT2D eigenvalue weighted by Gasteiger charge is 2.26. The van der Waals surface area contributed by atoms with E-state index in [2.05, 4.69) is 4.90 Å². The normalized spacial score (nSPS) is 15.1. The van der Waals surface area contributed by atoms with E-state index < -0.39 is 14.8 Å². The van der Waals surface area contributed by atoms with Crippen LogP contribution in [0.5, 0.6) is 0 Å². The summed E-state index contributed by atoms with van der Waals surface area (Å²) in [5.41, 5.74) is 0.211. The van der Waals surface area contributed by atoms with Crippen LogP contribution in [0.15, 0.2) is 35.2 Å². The van der Waals surface area contributed by atoms with E-state index in [0.717, 1.165) is 23.6 Å². The number of thiophene rings is 1. The molecule has 2 aromatic rings. The van der Waals surface area contributed by atoms with Crippen molar-refractivity contribution in [1.29, 1.82) is 0 Å². The van der Waals surface area contributed by atoms with E-state index in [0.29, 0.717) is 36.7 Å². The number of nitrogens with zero attached hydrogens (tertiary/aromatic N) is 3. The van der Waals surface area contributed by atoms with Gasteiger partial charge in [-0.15, -0.1) is 11.3 Å². The molecule has 2 heterocycles. The van der Waals surface area contributed by atoms with E-state index in [1.165, 1.54) is 23.5 Å². The van der Waals surface area contributed by atoms with Crippen LogP contribution in [0.2, 0.25) is 0 Å². The molecule has 1 saturated heterocycles. The van der Waals surface area contributed by atoms with Gasteiger partial charge in [0, 0.05) is 38.5 Å². The molecule has 3 rings (SSSR count). The van der Waals surface area contributed by atoms with Gasteiger partial charge in [0.25, 0.3) is 5.69 Å². The molecular formula is C16H17N3O5S2. The van der Waals surface area contributed by atoms with E-state index in [4.69, 9.17) is 0 Å². The first-order chi connectivity index (χ1) is 12.3. The van der Waals surface area contributed by atoms with Crippen molar-refractivity contribution in [1.82, 2.24) is 0 Å². The number of rotatable bonds is 5. The summed E-state index contributed by atoms with van der Waals surface area (Å²) in [5.74, 6) is 0. The highest BCUT2D eigenvalue weighted by Crippen LogP contribution is 2.33. The van der Waals surface area contributed by atoms with E-state index in [1.54, 1.807) is 6.07 Å². The monoisotopic (exact) mass is 395 g/mol. The zero-order valence-electron chi connectivity index (χ0n) is 14.0. The Kier molecular flexibility index (Phi) is 4.97. The van der Waals surface area contributed by atoms with Crippen LogP contribution in [-0.4, -0.2) is 52.1 Å². The van der Waals surface area contributed by atoms with Crippen molar-refractivity contribution >= 4 is 43.8 Å². The minimum Gasteiger partial charge on any atom is -0.362 e. The van der Waals surface area contributed by atoms with Crippen LogP contribution in [0.3, 0.4) is 0 Å². The Balaban J connectivity index is 1.80. The largest absolute Gasteiger partial charge is 0.362 e. The van der Waals surface area contributed by atoms with Crippen LogP contribution in [0.1, 0.15) is 9.67 Å². The summed E-state index contributed by atoms with van der Waals surface area (Å²) in [6.07, 6.45) is 1.84. The fourth-order valence-electron chi connectivity index (χ4n) is 2.89. The maximum absolute atomic E-state index is 11.7. The standard InChI is InChI=1S/C16H17N3O5S2/c1-26(23,24)13-3-4-14(15(10-13)19(21)22)17-6-8-18(9-7-17)16-5-2-12(11-20)25-16/h2-5,10-11H,6-9H2,1H3. The van der Waals surface area contributed by atoms with Crippen LogP contribution in [0.25, 0.3) is 0 Å². The van der Waals surface area contributed by atoms with Gasteiger partial charge >= 0.3 is 0 Å². The first-order valence-electron chi connectivity index (χ1n) is 7.83. The number of sulfone groups is 1. The molecule has 0 spiro atoms. The van der Waals surface area contributed by atoms with Gasteiger partial charge in [-0.2, -0.15) is 0 Å². The number of carbonyl (C=O) groups is 1. The lowest BCUT2D eigenvalue weighted by molar-refractivity contribution is -0.384. The average molecular weight is 395 g/mol. The molecule has 0 aliphatic carbocycles. The third-order valence-electron chi connectivity index (χ3n) is 4.23. The topological polar surface area (TPSA) is 101 Å². The lowest BCUT2D eigenvalue weighted by Crippen LogP contribution is -2.46. The van der Waals surface area contributed by atoms with Gasteiger partial charge in [0.05, 0.1) is 19.7 Å². The Morgan fingerprint density at radius 1 is 1.12 bits per heavy atom. The van der Waals surface area contributed by atoms with Crippen molar-refractivity contribution in [3.05, 3.63) is 45.3 Å². The number of nitro benzene ring substituents is 1. The number of nitro groups is 1. The molecule has 0 amide bonds. The SMILES string of the molecule is CS(=O)(=O)c1ccc(N2CCN(c3ccc(C=O)s3)CC2)c([N+](=O)[O-])c1. The Bertz CT molecular complexity index is 947. The van der Waals surface area contributed by atoms with Crippen molar-refractivity contribution in [2.45, 2.75) is 4.90 Å². The number of carbonyl (C=O) groups excluding carboxylic acids is 1. The number of anilines is 2. The Labute approximate surface area is 154 Å². The zero-order valence-corrected chi connectivity index (χ0v) is 15.6. The van der Waals surface area contributed by atoms with Gasteiger partial charge in [-0.3, -0.25) is 14.9 Å². The summed E-state index contributed by atoms with van der Waals surface area (Å²) in [7, 11) is -3.51. The van der Waals surface area contributed by atoms with Gasteiger partial charge in [0.15, 0.2) is 16.1 Å². The highest BCUT2D eigenvalue weighted by molar-refractivity contribution is 7.90. The molecule has 26 heavy (non-hydrogen) atoms. The molecule has 1 aromatic carbocycles. The van der Waals surface area contributed by atoms with E-state index >= 15 is 0 Å². The summed E-state index contributed by atoms with van der Waals surface area (Å²) in [5, 5.41) is 12.4. The van der Waals surface area contributed by atoms with Gasteiger partial charge in [0.2, 0.25) is 0 Å². The summed E-state index contributed by atoms with van der Waals surface area (Å²) >= 11 is 1.41. The van der Waals surface area contributed by atoms with Crippen LogP contribution in [0, 0.1) is 10.1 Å². The first-order valence-corrected chi connectivity index (χ1v) is 10.5. The Morgan fingerprint density at radius 3 is 2.31 bits per heavy atom. The van der Waals surface area contributed by atoms with Crippen molar-refractivity contribution in [2.75, 3.05) is 42.2 Å². The number of hydrogen-bond donors (Lipinski definition) is 0. The maximum Gasteiger partial charge on any atom is 0.293 e. The van der Waals surface area contributed by atoms with Crippen LogP contribution < -0.4 is 9.80 Å². The summed E-state index contributed by atoms with van der Waals surface area (Å²) in [6.45, 7) is 2.44. The molecule has 0 radical (unpaired) electrons. The molecule has 0 bridgehead atoms. The Morgan fingerprint density at radius 2 is 1.77 bits per heavy atom. The molecule has 0 N–H and O–H groups in total. The van der Waals surface area contributed by atoms with Gasteiger partial charge < -0.3 is 9.80 Å². The molecule has 1 aromatic heterocycles. The molecule has 1 aliphatic heterocycles. The van der Waals surface area contributed by atoms with Crippen molar-refractivity contribution in [2.24, 2.45) is 0 Å². The van der Waals surface area contributed by atoms with Crippen molar-refractivity contribution < 1.29 is 18.1 Å². The Hall–Kier alpha value is -2.46. The second-order valence-corrected chi connectivity index (χ2v) is 9.06. The molecule has 138 valence electrons. The number of benzene rings is 1. The lowest BCUT2D eigenvalue weighted by Gasteiger charge is -2.36. The summed E-state index contributed by atoms with van der Waals surface area (Å²) < 4.78 is 23.3. The quantitative estimate of drug-likeness (QED) is 0.434. The zero-order chi connectivity index (χ0) is 18.9. The highest BCUT2D eigenvalue weighted by atomic mass is 32.2. The van der Waals surface area contributed by atoms with E-state index in [-0.39, 0.29) is 10.6 Å². The van der Waals surface area contributed by atoms with Gasteiger partial charge in [-0.1, -0.05) is 0 Å². The summed E-state index contributed by atoms with van der Waals surface area (Å²) in [4.78, 5) is 26.3. The van der Waals surface area contributed by atoms with Gasteiger partial charge in [-0.05, 0) is 24.3 Å². The maximum atomic E-state index is 11.7. The molecular weight excluding hydrogens is 378 g/mol. The summed E-state index contributed by atoms with van der Waals surface area (Å²) in [6, 6.07) is 7.69. The first kappa shape index (κ1) is 18.3. The van der Waals surface area contributed by atoms with Crippen molar-refractivity contribution in [3.8, 4) is 0 Å². The fourth-order valence-corrected chi connectivity index (χ4v) is 4.41. The van der Waals surface area contributed by atoms with Crippen LogP contribution >= 0.6 is 11.3 Å². The second kappa shape index (κ2) is 7.04. The van der Waals surface area contributed by atoms with E-state index in [1.807, 2.05) is 11.0 Å². The smallest absolute Gasteiger partial charge is 0.293 e. The third kappa shape index (κ3) is 3.70. The number of piperazine rings is 1. The van der Waals surface area contributed by atoms with Gasteiger partial charge in [-0.25, -0.2) is 8.42 Å². The lowest BCUT2D eigenvalue weighted by atomic mass is 10.2. The minimum atomic E-state index is -3.51.